The Morgan fingerprint density at radius 2 is 1.76 bits per heavy atom. The van der Waals surface area contributed by atoms with E-state index < -0.39 is 0 Å². The summed E-state index contributed by atoms with van der Waals surface area (Å²) in [6.07, 6.45) is 8.47. The molecular weight excluding hydrogens is 466 g/mol. The third kappa shape index (κ3) is 7.38. The topological polar surface area (TPSA) is 86.8 Å². The lowest BCUT2D eigenvalue weighted by molar-refractivity contribution is 0.254. The van der Waals surface area contributed by atoms with E-state index >= 15 is 0 Å². The van der Waals surface area contributed by atoms with E-state index in [4.69, 9.17) is 19.4 Å². The lowest BCUT2D eigenvalue weighted by Gasteiger charge is -2.24. The summed E-state index contributed by atoms with van der Waals surface area (Å²) in [5.74, 6) is 4.62. The quantitative estimate of drug-likeness (QED) is 0.366. The van der Waals surface area contributed by atoms with Crippen molar-refractivity contribution < 1.29 is 9.47 Å². The van der Waals surface area contributed by atoms with Crippen LogP contribution in [0.5, 0.6) is 11.5 Å². The van der Waals surface area contributed by atoms with E-state index in [2.05, 4.69) is 31.8 Å². The van der Waals surface area contributed by atoms with Gasteiger partial charge < -0.3 is 35.2 Å². The molecule has 1 aromatic carbocycles. The molecule has 0 saturated carbocycles. The van der Waals surface area contributed by atoms with E-state index in [0.29, 0.717) is 18.5 Å². The van der Waals surface area contributed by atoms with E-state index in [-0.39, 0.29) is 0 Å². The third-order valence-corrected chi connectivity index (χ3v) is 7.67. The number of hydrogen-bond donors (Lipinski definition) is 3. The molecule has 2 aromatic rings. The highest BCUT2D eigenvalue weighted by atomic mass is 16.5. The summed E-state index contributed by atoms with van der Waals surface area (Å²) in [6.45, 7) is 9.42. The zero-order valence-corrected chi connectivity index (χ0v) is 22.3. The van der Waals surface area contributed by atoms with Crippen molar-refractivity contribution in [2.45, 2.75) is 44.9 Å². The Morgan fingerprint density at radius 1 is 0.973 bits per heavy atom. The molecule has 3 aliphatic rings. The van der Waals surface area contributed by atoms with Gasteiger partial charge in [-0.2, -0.15) is 9.97 Å². The van der Waals surface area contributed by atoms with Crippen molar-refractivity contribution in [3.8, 4) is 11.5 Å². The smallest absolute Gasteiger partial charge is 0.231 e. The van der Waals surface area contributed by atoms with Gasteiger partial charge in [-0.25, -0.2) is 0 Å². The number of piperidine rings is 1. The molecule has 202 valence electrons. The Balaban J connectivity index is 1.26. The molecule has 9 nitrogen and oxygen atoms in total. The number of aromatic nitrogens is 2. The van der Waals surface area contributed by atoms with Gasteiger partial charge in [0, 0.05) is 44.0 Å². The van der Waals surface area contributed by atoms with Gasteiger partial charge in [0.25, 0.3) is 0 Å². The predicted octanol–water partition coefficient (Wildman–Crippen LogP) is 4.11. The first kappa shape index (κ1) is 25.9. The van der Waals surface area contributed by atoms with Crippen LogP contribution in [-0.2, 0) is 0 Å². The first-order valence-electron chi connectivity index (χ1n) is 14.2. The van der Waals surface area contributed by atoms with Crippen molar-refractivity contribution in [2.24, 2.45) is 5.92 Å². The molecule has 5 rings (SSSR count). The molecule has 0 amide bonds. The average Bonchev–Trinajstić information content (AvgIpc) is 3.66. The van der Waals surface area contributed by atoms with Gasteiger partial charge in [0.15, 0.2) is 11.5 Å². The van der Waals surface area contributed by atoms with Crippen molar-refractivity contribution in [2.75, 3.05) is 81.6 Å². The lowest BCUT2D eigenvalue weighted by atomic mass is 9.98. The molecule has 0 aliphatic carbocycles. The van der Waals surface area contributed by atoms with Gasteiger partial charge in [0.1, 0.15) is 11.6 Å². The van der Waals surface area contributed by atoms with E-state index in [9.17, 15) is 0 Å². The number of nitrogens with zero attached hydrogens (tertiary/aromatic N) is 4. The highest BCUT2D eigenvalue weighted by molar-refractivity contribution is 5.63. The number of hydrogen-bond acceptors (Lipinski definition) is 9. The van der Waals surface area contributed by atoms with Gasteiger partial charge >= 0.3 is 0 Å². The van der Waals surface area contributed by atoms with E-state index in [1.807, 2.05) is 18.2 Å². The molecule has 0 radical (unpaired) electrons. The number of rotatable bonds is 12. The highest BCUT2D eigenvalue weighted by Gasteiger charge is 2.18. The van der Waals surface area contributed by atoms with Crippen molar-refractivity contribution >= 4 is 23.3 Å². The van der Waals surface area contributed by atoms with Crippen molar-refractivity contribution in [1.82, 2.24) is 20.2 Å². The third-order valence-electron chi connectivity index (χ3n) is 7.67. The number of ether oxygens (including phenoxy) is 2. The summed E-state index contributed by atoms with van der Waals surface area (Å²) in [7, 11) is 1.68. The maximum atomic E-state index is 6.14. The second-order valence-corrected chi connectivity index (χ2v) is 10.4. The second kappa shape index (κ2) is 13.1. The molecule has 3 N–H and O–H groups in total. The molecule has 0 unspecified atom stereocenters. The predicted molar refractivity (Wildman–Crippen MR) is 150 cm³/mol. The van der Waals surface area contributed by atoms with Gasteiger partial charge in [0.05, 0.1) is 13.7 Å². The number of likely N-dealkylation sites (tertiary alicyclic amines) is 1. The van der Waals surface area contributed by atoms with Crippen LogP contribution in [0.1, 0.15) is 44.9 Å². The molecule has 37 heavy (non-hydrogen) atoms. The van der Waals surface area contributed by atoms with E-state index in [1.165, 1.54) is 51.6 Å². The highest BCUT2D eigenvalue weighted by Crippen LogP contribution is 2.32. The average molecular weight is 510 g/mol. The van der Waals surface area contributed by atoms with Crippen molar-refractivity contribution in [1.29, 1.82) is 0 Å². The lowest BCUT2D eigenvalue weighted by Crippen LogP contribution is -2.31. The molecule has 0 atom stereocenters. The number of nitrogens with one attached hydrogen (secondary N) is 3. The summed E-state index contributed by atoms with van der Waals surface area (Å²) in [5.41, 5.74) is 0.887. The van der Waals surface area contributed by atoms with Crippen molar-refractivity contribution in [3.05, 3.63) is 24.3 Å². The standard InChI is InChI=1S/C28H43N7O2/c1-36-24-8-7-23(19-25(24)37-18-6-15-34-13-2-3-14-34)31-28-32-26(30-21-22-9-11-29-12-10-22)20-27(33-28)35-16-4-5-17-35/h7-8,19-20,22,29H,2-6,9-18,21H2,1H3,(H2,30,31,32,33). The first-order valence-corrected chi connectivity index (χ1v) is 14.2. The fourth-order valence-corrected chi connectivity index (χ4v) is 5.50. The Labute approximate surface area is 221 Å². The fraction of sp³-hybridized carbons (Fsp3) is 0.643. The molecule has 3 fully saturated rings. The van der Waals surface area contributed by atoms with Gasteiger partial charge in [-0.1, -0.05) is 0 Å². The van der Waals surface area contributed by atoms with Gasteiger partial charge in [-0.05, 0) is 89.2 Å². The second-order valence-electron chi connectivity index (χ2n) is 10.4. The van der Waals surface area contributed by atoms with Gasteiger partial charge in [0.2, 0.25) is 5.95 Å². The first-order chi connectivity index (χ1) is 18.3. The Morgan fingerprint density at radius 3 is 2.54 bits per heavy atom. The number of benzene rings is 1. The van der Waals surface area contributed by atoms with Crippen LogP contribution >= 0.6 is 0 Å². The molecule has 1 aromatic heterocycles. The molecule has 9 heteroatoms. The van der Waals surface area contributed by atoms with Crippen LogP contribution in [0.15, 0.2) is 24.3 Å². The number of methoxy groups -OCH3 is 1. The van der Waals surface area contributed by atoms with Crippen LogP contribution in [0.25, 0.3) is 0 Å². The SMILES string of the molecule is COc1ccc(Nc2nc(NCC3CCNCC3)cc(N3CCCC3)n2)cc1OCCCN1CCCC1. The molecular formula is C28H43N7O2. The van der Waals surface area contributed by atoms with Crippen LogP contribution in [-0.4, -0.2) is 80.9 Å². The molecule has 0 bridgehead atoms. The largest absolute Gasteiger partial charge is 0.493 e. The maximum absolute atomic E-state index is 6.14. The van der Waals surface area contributed by atoms with Crippen LogP contribution < -0.4 is 30.3 Å². The zero-order valence-electron chi connectivity index (χ0n) is 22.3. The van der Waals surface area contributed by atoms with Crippen LogP contribution in [0.4, 0.5) is 23.3 Å². The van der Waals surface area contributed by atoms with Crippen LogP contribution in [0.2, 0.25) is 0 Å². The molecule has 0 spiro atoms. The normalized spacial score (nSPS) is 18.8. The Kier molecular flexibility index (Phi) is 9.18. The van der Waals surface area contributed by atoms with Gasteiger partial charge in [-0.3, -0.25) is 0 Å². The Bertz CT molecular complexity index is 986. The van der Waals surface area contributed by atoms with E-state index in [0.717, 1.165) is 74.5 Å². The van der Waals surface area contributed by atoms with Crippen LogP contribution in [0.3, 0.4) is 0 Å². The summed E-state index contributed by atoms with van der Waals surface area (Å²) in [5, 5.41) is 10.5. The van der Waals surface area contributed by atoms with Crippen LogP contribution in [0, 0.1) is 5.92 Å². The monoisotopic (exact) mass is 509 g/mol. The fourth-order valence-electron chi connectivity index (χ4n) is 5.50. The molecule has 3 saturated heterocycles. The minimum atomic E-state index is 0.599. The van der Waals surface area contributed by atoms with Gasteiger partial charge in [-0.15, -0.1) is 0 Å². The summed E-state index contributed by atoms with van der Waals surface area (Å²) in [4.78, 5) is 14.6. The van der Waals surface area contributed by atoms with Crippen molar-refractivity contribution in [3.63, 3.8) is 0 Å². The maximum Gasteiger partial charge on any atom is 0.231 e. The molecule has 4 heterocycles. The molecule has 3 aliphatic heterocycles. The Hall–Kier alpha value is -2.78. The number of anilines is 4. The summed E-state index contributed by atoms with van der Waals surface area (Å²) in [6, 6.07) is 8.02. The summed E-state index contributed by atoms with van der Waals surface area (Å²) < 4.78 is 11.7. The summed E-state index contributed by atoms with van der Waals surface area (Å²) >= 11 is 0. The minimum absolute atomic E-state index is 0.599. The van der Waals surface area contributed by atoms with E-state index in [1.54, 1.807) is 7.11 Å². The zero-order chi connectivity index (χ0) is 25.3. The minimum Gasteiger partial charge on any atom is -0.493 e.